The molecule has 0 bridgehead atoms. The molecule has 5 heteroatoms. The molecule has 2 rings (SSSR count). The maximum Gasteiger partial charge on any atom is 0.175 e. The molecular formula is C15H15BrN2OS. The molecule has 2 aromatic rings. The van der Waals surface area contributed by atoms with E-state index in [-0.39, 0.29) is 0 Å². The minimum atomic E-state index is 0.523. The van der Waals surface area contributed by atoms with E-state index in [1.165, 1.54) is 0 Å². The van der Waals surface area contributed by atoms with Gasteiger partial charge in [-0.2, -0.15) is 0 Å². The number of hydrogen-bond acceptors (Lipinski definition) is 2. The van der Waals surface area contributed by atoms with Gasteiger partial charge in [0.1, 0.15) is 5.75 Å². The van der Waals surface area contributed by atoms with Gasteiger partial charge in [0, 0.05) is 10.2 Å². The zero-order valence-electron chi connectivity index (χ0n) is 11.0. The lowest BCUT2D eigenvalue weighted by Gasteiger charge is -2.14. The molecule has 0 fully saturated rings. The van der Waals surface area contributed by atoms with Crippen LogP contribution in [-0.2, 0) is 0 Å². The van der Waals surface area contributed by atoms with Gasteiger partial charge < -0.3 is 15.4 Å². The fourth-order valence-electron chi connectivity index (χ4n) is 1.70. The Bertz CT molecular complexity index is 604. The van der Waals surface area contributed by atoms with E-state index in [4.69, 9.17) is 17.0 Å². The van der Waals surface area contributed by atoms with Crippen LogP contribution in [-0.4, -0.2) is 11.7 Å². The van der Waals surface area contributed by atoms with Gasteiger partial charge >= 0.3 is 0 Å². The molecule has 0 aromatic heterocycles. The number of ether oxygens (including phenoxy) is 1. The molecule has 0 amide bonds. The van der Waals surface area contributed by atoms with Gasteiger partial charge in [0.05, 0.1) is 12.3 Å². The van der Waals surface area contributed by atoms with E-state index in [9.17, 15) is 0 Å². The van der Waals surface area contributed by atoms with E-state index in [2.05, 4.69) is 26.6 Å². The first-order valence-electron chi connectivity index (χ1n) is 6.24. The first-order chi connectivity index (χ1) is 9.69. The van der Waals surface area contributed by atoms with Crippen LogP contribution in [0, 0.1) is 0 Å². The van der Waals surface area contributed by atoms with Gasteiger partial charge in [0.2, 0.25) is 0 Å². The third-order valence-corrected chi connectivity index (χ3v) is 3.21. The van der Waals surface area contributed by atoms with Crippen molar-refractivity contribution in [1.29, 1.82) is 0 Å². The molecule has 0 aliphatic carbocycles. The van der Waals surface area contributed by atoms with Crippen molar-refractivity contribution in [3.63, 3.8) is 0 Å². The van der Waals surface area contributed by atoms with E-state index >= 15 is 0 Å². The second kappa shape index (κ2) is 7.26. The summed E-state index contributed by atoms with van der Waals surface area (Å²) in [5.74, 6) is 0.786. The highest BCUT2D eigenvalue weighted by Gasteiger charge is 2.04. The van der Waals surface area contributed by atoms with E-state index < -0.39 is 0 Å². The van der Waals surface area contributed by atoms with Crippen molar-refractivity contribution < 1.29 is 4.74 Å². The fraction of sp³-hybridized carbons (Fsp3) is 0.133. The van der Waals surface area contributed by atoms with Gasteiger partial charge in [0.15, 0.2) is 5.11 Å². The predicted octanol–water partition coefficient (Wildman–Crippen LogP) is 4.66. The Morgan fingerprint density at radius 2 is 1.95 bits per heavy atom. The SMILES string of the molecule is CCOc1ccccc1NC(=S)Nc1cccc(Br)c1. The summed E-state index contributed by atoms with van der Waals surface area (Å²) in [6.45, 7) is 2.57. The highest BCUT2D eigenvalue weighted by molar-refractivity contribution is 9.10. The molecule has 0 saturated carbocycles. The fourth-order valence-corrected chi connectivity index (χ4v) is 2.33. The van der Waals surface area contributed by atoms with E-state index in [0.717, 1.165) is 21.6 Å². The number of nitrogens with one attached hydrogen (secondary N) is 2. The lowest BCUT2D eigenvalue weighted by atomic mass is 10.3. The topological polar surface area (TPSA) is 33.3 Å². The minimum absolute atomic E-state index is 0.523. The summed E-state index contributed by atoms with van der Waals surface area (Å²) in [4.78, 5) is 0. The van der Waals surface area contributed by atoms with E-state index in [1.54, 1.807) is 0 Å². The Hall–Kier alpha value is -1.59. The van der Waals surface area contributed by atoms with E-state index in [0.29, 0.717) is 11.7 Å². The number of benzene rings is 2. The third-order valence-electron chi connectivity index (χ3n) is 2.52. The minimum Gasteiger partial charge on any atom is -0.492 e. The first kappa shape index (κ1) is 14.8. The average molecular weight is 351 g/mol. The van der Waals surface area contributed by atoms with Crippen molar-refractivity contribution in [2.45, 2.75) is 6.92 Å². The molecule has 20 heavy (non-hydrogen) atoms. The van der Waals surface area contributed by atoms with Gasteiger partial charge in [0.25, 0.3) is 0 Å². The maximum absolute atomic E-state index is 5.55. The van der Waals surface area contributed by atoms with Gasteiger partial charge in [-0.25, -0.2) is 0 Å². The Labute approximate surface area is 132 Å². The highest BCUT2D eigenvalue weighted by Crippen LogP contribution is 2.24. The Morgan fingerprint density at radius 3 is 2.70 bits per heavy atom. The van der Waals surface area contributed by atoms with Crippen LogP contribution in [0.2, 0.25) is 0 Å². The number of hydrogen-bond donors (Lipinski definition) is 2. The molecule has 0 unspecified atom stereocenters. The maximum atomic E-state index is 5.55. The molecule has 0 saturated heterocycles. The van der Waals surface area contributed by atoms with Crippen LogP contribution in [0.4, 0.5) is 11.4 Å². The van der Waals surface area contributed by atoms with Crippen LogP contribution in [0.3, 0.4) is 0 Å². The molecule has 0 radical (unpaired) electrons. The summed E-state index contributed by atoms with van der Waals surface area (Å²) in [6, 6.07) is 15.5. The zero-order valence-corrected chi connectivity index (χ0v) is 13.4. The summed E-state index contributed by atoms with van der Waals surface area (Å²) < 4.78 is 6.55. The quantitative estimate of drug-likeness (QED) is 0.785. The van der Waals surface area contributed by atoms with Crippen molar-refractivity contribution >= 4 is 44.6 Å². The monoisotopic (exact) mass is 350 g/mol. The standard InChI is InChI=1S/C15H15BrN2OS/c1-2-19-14-9-4-3-8-13(14)18-15(20)17-12-7-5-6-11(16)10-12/h3-10H,2H2,1H3,(H2,17,18,20). The zero-order chi connectivity index (χ0) is 14.4. The number of thiocarbonyl (C=S) groups is 1. The molecule has 0 heterocycles. The number of para-hydroxylation sites is 2. The Kier molecular flexibility index (Phi) is 5.38. The molecule has 2 aromatic carbocycles. The molecule has 2 N–H and O–H groups in total. The largest absolute Gasteiger partial charge is 0.492 e. The summed E-state index contributed by atoms with van der Waals surface area (Å²) in [7, 11) is 0. The molecular weight excluding hydrogens is 336 g/mol. The summed E-state index contributed by atoms with van der Waals surface area (Å²) in [5.41, 5.74) is 1.77. The second-order valence-corrected chi connectivity index (χ2v) is 5.34. The van der Waals surface area contributed by atoms with Crippen molar-refractivity contribution in [3.8, 4) is 5.75 Å². The molecule has 0 atom stereocenters. The van der Waals surface area contributed by atoms with E-state index in [1.807, 2.05) is 55.5 Å². The predicted molar refractivity (Wildman–Crippen MR) is 91.6 cm³/mol. The van der Waals surface area contributed by atoms with Gasteiger partial charge in [-0.1, -0.05) is 34.1 Å². The van der Waals surface area contributed by atoms with Crippen LogP contribution in [0.15, 0.2) is 53.0 Å². The smallest absolute Gasteiger partial charge is 0.175 e. The Morgan fingerprint density at radius 1 is 1.15 bits per heavy atom. The van der Waals surface area contributed by atoms with Crippen molar-refractivity contribution in [1.82, 2.24) is 0 Å². The molecule has 0 spiro atoms. The summed E-state index contributed by atoms with van der Waals surface area (Å²) >= 11 is 8.74. The number of rotatable bonds is 4. The highest BCUT2D eigenvalue weighted by atomic mass is 79.9. The normalized spacial score (nSPS) is 9.90. The van der Waals surface area contributed by atoms with Gasteiger partial charge in [-0.05, 0) is 49.5 Å². The summed E-state index contributed by atoms with van der Waals surface area (Å²) in [6.07, 6.45) is 0. The third kappa shape index (κ3) is 4.21. The first-order valence-corrected chi connectivity index (χ1v) is 7.44. The Balaban J connectivity index is 2.05. The van der Waals surface area contributed by atoms with Crippen molar-refractivity contribution in [2.24, 2.45) is 0 Å². The van der Waals surface area contributed by atoms with Crippen LogP contribution >= 0.6 is 28.1 Å². The average Bonchev–Trinajstić information content (AvgIpc) is 2.41. The molecule has 0 aliphatic rings. The number of anilines is 2. The van der Waals surface area contributed by atoms with Crippen LogP contribution < -0.4 is 15.4 Å². The van der Waals surface area contributed by atoms with Crippen LogP contribution in [0.1, 0.15) is 6.92 Å². The molecule has 3 nitrogen and oxygen atoms in total. The lowest BCUT2D eigenvalue weighted by Crippen LogP contribution is -2.19. The van der Waals surface area contributed by atoms with Crippen molar-refractivity contribution in [3.05, 3.63) is 53.0 Å². The molecule has 0 aliphatic heterocycles. The lowest BCUT2D eigenvalue weighted by molar-refractivity contribution is 0.342. The summed E-state index contributed by atoms with van der Waals surface area (Å²) in [5, 5.41) is 6.80. The number of halogens is 1. The second-order valence-electron chi connectivity index (χ2n) is 4.02. The van der Waals surface area contributed by atoms with Crippen molar-refractivity contribution in [2.75, 3.05) is 17.2 Å². The van der Waals surface area contributed by atoms with Crippen LogP contribution in [0.25, 0.3) is 0 Å². The molecule has 104 valence electrons. The van der Waals surface area contributed by atoms with Crippen LogP contribution in [0.5, 0.6) is 5.75 Å². The van der Waals surface area contributed by atoms with Gasteiger partial charge in [-0.15, -0.1) is 0 Å². The van der Waals surface area contributed by atoms with Gasteiger partial charge in [-0.3, -0.25) is 0 Å².